The minimum Gasteiger partial charge on any atom is -0.393 e. The lowest BCUT2D eigenvalue weighted by Crippen LogP contribution is -2.51. The molecule has 2 aliphatic carbocycles. The third kappa shape index (κ3) is 1.58. The highest BCUT2D eigenvalue weighted by Gasteiger charge is 2.41. The molecule has 3 rings (SSSR count). The van der Waals surface area contributed by atoms with Gasteiger partial charge < -0.3 is 10.8 Å². The third-order valence-corrected chi connectivity index (χ3v) is 3.73. The Bertz CT molecular complexity index is 361. The van der Waals surface area contributed by atoms with Gasteiger partial charge in [0.15, 0.2) is 0 Å². The molecule has 2 aliphatic rings. The van der Waals surface area contributed by atoms with Crippen LogP contribution in [-0.2, 0) is 5.54 Å². The normalized spacial score (nSPS) is 34.9. The van der Waals surface area contributed by atoms with E-state index in [9.17, 15) is 5.11 Å². The standard InChI is InChI=1S/C13H17NO/c14-13(7-12(15)8-13)11-5-3-10(4-6-11)9-1-2-9/h3-6,9,12,15H,1-2,7-8,14H2. The van der Waals surface area contributed by atoms with Crippen LogP contribution in [0.3, 0.4) is 0 Å². The van der Waals surface area contributed by atoms with E-state index in [1.807, 2.05) is 0 Å². The summed E-state index contributed by atoms with van der Waals surface area (Å²) in [5.74, 6) is 0.805. The first-order valence-corrected chi connectivity index (χ1v) is 5.75. The number of nitrogens with two attached hydrogens (primary N) is 1. The van der Waals surface area contributed by atoms with E-state index in [0.717, 1.165) is 5.92 Å². The largest absolute Gasteiger partial charge is 0.393 e. The van der Waals surface area contributed by atoms with Gasteiger partial charge in [-0.15, -0.1) is 0 Å². The summed E-state index contributed by atoms with van der Waals surface area (Å²) >= 11 is 0. The van der Waals surface area contributed by atoms with Crippen LogP contribution in [0.15, 0.2) is 24.3 Å². The van der Waals surface area contributed by atoms with Crippen molar-refractivity contribution in [1.82, 2.24) is 0 Å². The van der Waals surface area contributed by atoms with Gasteiger partial charge in [-0.25, -0.2) is 0 Å². The van der Waals surface area contributed by atoms with E-state index in [1.54, 1.807) is 0 Å². The van der Waals surface area contributed by atoms with Gasteiger partial charge in [0.1, 0.15) is 0 Å². The molecule has 1 aromatic rings. The summed E-state index contributed by atoms with van der Waals surface area (Å²) in [6.45, 7) is 0. The molecule has 1 aromatic carbocycles. The molecule has 0 spiro atoms. The molecule has 0 atom stereocenters. The summed E-state index contributed by atoms with van der Waals surface area (Å²) in [7, 11) is 0. The van der Waals surface area contributed by atoms with Gasteiger partial charge >= 0.3 is 0 Å². The van der Waals surface area contributed by atoms with Gasteiger partial charge in [-0.05, 0) is 42.7 Å². The lowest BCUT2D eigenvalue weighted by molar-refractivity contribution is 0.0209. The maximum atomic E-state index is 9.32. The molecule has 3 N–H and O–H groups in total. The first-order valence-electron chi connectivity index (χ1n) is 5.75. The van der Waals surface area contributed by atoms with Crippen molar-refractivity contribution < 1.29 is 5.11 Å². The highest BCUT2D eigenvalue weighted by atomic mass is 16.3. The van der Waals surface area contributed by atoms with Gasteiger partial charge in [0.25, 0.3) is 0 Å². The van der Waals surface area contributed by atoms with Crippen molar-refractivity contribution in [3.8, 4) is 0 Å². The molecule has 0 radical (unpaired) electrons. The smallest absolute Gasteiger partial charge is 0.0582 e. The maximum Gasteiger partial charge on any atom is 0.0582 e. The number of aliphatic hydroxyl groups excluding tert-OH is 1. The Kier molecular flexibility index (Phi) is 1.91. The average Bonchev–Trinajstić information content (AvgIpc) is 2.99. The van der Waals surface area contributed by atoms with Crippen molar-refractivity contribution in [3.63, 3.8) is 0 Å². The zero-order valence-corrected chi connectivity index (χ0v) is 8.82. The SMILES string of the molecule is NC1(c2ccc(C3CC3)cc2)CC(O)C1. The van der Waals surface area contributed by atoms with E-state index < -0.39 is 0 Å². The summed E-state index contributed by atoms with van der Waals surface area (Å²) in [6.07, 6.45) is 3.89. The fourth-order valence-electron chi connectivity index (χ4n) is 2.52. The Morgan fingerprint density at radius 1 is 1.13 bits per heavy atom. The number of rotatable bonds is 2. The van der Waals surface area contributed by atoms with Gasteiger partial charge in [0.2, 0.25) is 0 Å². The Morgan fingerprint density at radius 3 is 2.20 bits per heavy atom. The fraction of sp³-hybridized carbons (Fsp3) is 0.538. The summed E-state index contributed by atoms with van der Waals surface area (Å²) in [5.41, 5.74) is 8.56. The lowest BCUT2D eigenvalue weighted by Gasteiger charge is -2.42. The summed E-state index contributed by atoms with van der Waals surface area (Å²) in [5, 5.41) is 9.32. The summed E-state index contributed by atoms with van der Waals surface area (Å²) < 4.78 is 0. The number of benzene rings is 1. The van der Waals surface area contributed by atoms with Gasteiger partial charge in [0.05, 0.1) is 6.10 Å². The molecule has 2 fully saturated rings. The average molecular weight is 203 g/mol. The van der Waals surface area contributed by atoms with E-state index in [4.69, 9.17) is 5.73 Å². The summed E-state index contributed by atoms with van der Waals surface area (Å²) in [4.78, 5) is 0. The van der Waals surface area contributed by atoms with Crippen LogP contribution < -0.4 is 5.73 Å². The van der Waals surface area contributed by atoms with Crippen LogP contribution in [0.4, 0.5) is 0 Å². The van der Waals surface area contributed by atoms with Gasteiger partial charge in [-0.1, -0.05) is 24.3 Å². The minimum atomic E-state index is -0.262. The minimum absolute atomic E-state index is 0.196. The Labute approximate surface area is 90.1 Å². The van der Waals surface area contributed by atoms with E-state index in [1.165, 1.54) is 24.0 Å². The van der Waals surface area contributed by atoms with Crippen LogP contribution in [0, 0.1) is 0 Å². The molecular formula is C13H17NO. The zero-order valence-electron chi connectivity index (χ0n) is 8.82. The molecule has 0 saturated heterocycles. The topological polar surface area (TPSA) is 46.2 Å². The first kappa shape index (κ1) is 9.37. The molecule has 2 nitrogen and oxygen atoms in total. The number of hydrogen-bond donors (Lipinski definition) is 2. The monoisotopic (exact) mass is 203 g/mol. The molecule has 0 amide bonds. The van der Waals surface area contributed by atoms with Gasteiger partial charge in [0, 0.05) is 5.54 Å². The number of aliphatic hydroxyl groups is 1. The number of hydrogen-bond acceptors (Lipinski definition) is 2. The van der Waals surface area contributed by atoms with E-state index >= 15 is 0 Å². The Morgan fingerprint density at radius 2 is 1.73 bits per heavy atom. The van der Waals surface area contributed by atoms with Crippen molar-refractivity contribution in [2.45, 2.75) is 43.2 Å². The van der Waals surface area contributed by atoms with Crippen molar-refractivity contribution >= 4 is 0 Å². The third-order valence-electron chi connectivity index (χ3n) is 3.73. The molecule has 15 heavy (non-hydrogen) atoms. The van der Waals surface area contributed by atoms with Crippen molar-refractivity contribution in [2.75, 3.05) is 0 Å². The van der Waals surface area contributed by atoms with Gasteiger partial charge in [-0.2, -0.15) is 0 Å². The van der Waals surface area contributed by atoms with Crippen LogP contribution >= 0.6 is 0 Å². The lowest BCUT2D eigenvalue weighted by atomic mass is 9.70. The van der Waals surface area contributed by atoms with Crippen LogP contribution in [0.25, 0.3) is 0 Å². The van der Waals surface area contributed by atoms with Crippen LogP contribution in [0.2, 0.25) is 0 Å². The molecule has 2 heteroatoms. The van der Waals surface area contributed by atoms with E-state index in [0.29, 0.717) is 12.8 Å². The van der Waals surface area contributed by atoms with Crippen LogP contribution in [0.1, 0.15) is 42.7 Å². The fourth-order valence-corrected chi connectivity index (χ4v) is 2.52. The molecular weight excluding hydrogens is 186 g/mol. The predicted octanol–water partition coefficient (Wildman–Crippen LogP) is 1.87. The second-order valence-corrected chi connectivity index (χ2v) is 5.11. The predicted molar refractivity (Wildman–Crippen MR) is 59.5 cm³/mol. The molecule has 0 heterocycles. The second-order valence-electron chi connectivity index (χ2n) is 5.11. The highest BCUT2D eigenvalue weighted by molar-refractivity contribution is 5.33. The molecule has 0 aromatic heterocycles. The van der Waals surface area contributed by atoms with Crippen molar-refractivity contribution in [2.24, 2.45) is 5.73 Å². The Balaban J connectivity index is 1.81. The molecule has 80 valence electrons. The van der Waals surface area contributed by atoms with Gasteiger partial charge in [-0.3, -0.25) is 0 Å². The van der Waals surface area contributed by atoms with E-state index in [2.05, 4.69) is 24.3 Å². The quantitative estimate of drug-likeness (QED) is 0.770. The summed E-state index contributed by atoms with van der Waals surface area (Å²) in [6, 6.07) is 8.68. The first-order chi connectivity index (χ1) is 7.17. The van der Waals surface area contributed by atoms with E-state index in [-0.39, 0.29) is 11.6 Å². The van der Waals surface area contributed by atoms with Crippen LogP contribution in [0.5, 0.6) is 0 Å². The zero-order chi connectivity index (χ0) is 10.5. The molecule has 2 saturated carbocycles. The Hall–Kier alpha value is -0.860. The molecule has 0 bridgehead atoms. The highest BCUT2D eigenvalue weighted by Crippen LogP contribution is 2.42. The van der Waals surface area contributed by atoms with Crippen molar-refractivity contribution in [1.29, 1.82) is 0 Å². The molecule has 0 unspecified atom stereocenters. The second kappa shape index (κ2) is 3.06. The maximum absolute atomic E-state index is 9.32. The van der Waals surface area contributed by atoms with Crippen molar-refractivity contribution in [3.05, 3.63) is 35.4 Å². The van der Waals surface area contributed by atoms with Crippen LogP contribution in [-0.4, -0.2) is 11.2 Å². The molecule has 0 aliphatic heterocycles.